The van der Waals surface area contributed by atoms with Crippen LogP contribution in [-0.2, 0) is 34.4 Å². The Bertz CT molecular complexity index is 2070. The molecule has 2 aromatic heterocycles. The van der Waals surface area contributed by atoms with Crippen molar-refractivity contribution in [2.75, 3.05) is 49.5 Å². The smallest absolute Gasteiger partial charge is 0.249 e. The standard InChI is InChI=1S/C22H24BrN3O.C17H23N3O3.C14H31N/c1-15(27)16-3-5-17(6-4-16)18-8-11-26(12-9-18)14-19-13-20-21(23)7-10-24-22(20)25(19)2;1-3-9-20(15-7-8-16(22)19-17(15)23)14-6-5-12(4-2)10-13(14)18-11-21;1-5-9-14(10-6-2)13-15(11-7-3)12-8-4/h3-7,10,13,18H,8-9,11-12,14H2,1-2H3;5-6,10-11,15H,3-4,7-9H2,1-2H3,(H,18,21)(H,19,22,23);14H,5-13H2,1-4H3. The van der Waals surface area contributed by atoms with Crippen LogP contribution in [0.1, 0.15) is 152 Å². The van der Waals surface area contributed by atoms with E-state index < -0.39 is 6.04 Å². The first-order valence-electron chi connectivity index (χ1n) is 24.5. The summed E-state index contributed by atoms with van der Waals surface area (Å²) in [6, 6.07) is 17.9. The zero-order valence-electron chi connectivity index (χ0n) is 40.8. The molecule has 0 saturated carbocycles. The number of carbonyl (C=O) groups excluding carboxylic acids is 4. The molecule has 0 radical (unpaired) electrons. The van der Waals surface area contributed by atoms with Gasteiger partial charge >= 0.3 is 0 Å². The first-order valence-corrected chi connectivity index (χ1v) is 25.3. The Labute approximate surface area is 398 Å². The maximum absolute atomic E-state index is 12.2. The molecule has 0 bridgehead atoms. The lowest BCUT2D eigenvalue weighted by molar-refractivity contribution is -0.134. The number of piperidine rings is 2. The Hall–Kier alpha value is -4.39. The number of Topliss-reactive ketones (excluding diaryl/α,β-unsaturated/α-hetero) is 1. The van der Waals surface area contributed by atoms with Crippen molar-refractivity contribution in [3.63, 3.8) is 0 Å². The fraction of sp³-hybridized carbons (Fsp3) is 0.566. The zero-order chi connectivity index (χ0) is 47.3. The number of nitrogens with zero attached hydrogens (tertiary/aromatic N) is 5. The Morgan fingerprint density at radius 3 is 2.11 bits per heavy atom. The Kier molecular flexibility index (Phi) is 22.9. The molecule has 2 fully saturated rings. The van der Waals surface area contributed by atoms with Crippen molar-refractivity contribution in [1.29, 1.82) is 0 Å². The number of likely N-dealkylation sites (tertiary alicyclic amines) is 1. The molecule has 0 aliphatic carbocycles. The van der Waals surface area contributed by atoms with Crippen molar-refractivity contribution >= 4 is 62.3 Å². The number of anilines is 2. The van der Waals surface area contributed by atoms with Gasteiger partial charge in [0, 0.05) is 60.4 Å². The Balaban J connectivity index is 0.000000223. The number of benzene rings is 2. The number of aromatic nitrogens is 2. The summed E-state index contributed by atoms with van der Waals surface area (Å²) in [5.74, 6) is 1.16. The topological polar surface area (TPSA) is 120 Å². The summed E-state index contributed by atoms with van der Waals surface area (Å²) in [7, 11) is 2.10. The molecule has 2 saturated heterocycles. The lowest BCUT2D eigenvalue weighted by atomic mass is 9.89. The number of nitrogens with one attached hydrogen (secondary N) is 2. The minimum Gasteiger partial charge on any atom is -0.358 e. The molecule has 65 heavy (non-hydrogen) atoms. The lowest BCUT2D eigenvalue weighted by Crippen LogP contribution is -2.53. The second-order valence-electron chi connectivity index (χ2n) is 17.8. The third kappa shape index (κ3) is 15.9. The third-order valence-electron chi connectivity index (χ3n) is 12.8. The minimum absolute atomic E-state index is 0.132. The molecule has 6 rings (SSSR count). The summed E-state index contributed by atoms with van der Waals surface area (Å²) in [5.41, 5.74) is 7.10. The van der Waals surface area contributed by atoms with Gasteiger partial charge in [0.2, 0.25) is 18.2 Å². The number of halogens is 1. The van der Waals surface area contributed by atoms with Crippen LogP contribution in [0.15, 0.2) is 65.3 Å². The van der Waals surface area contributed by atoms with Crippen molar-refractivity contribution in [3.8, 4) is 0 Å². The number of rotatable bonds is 21. The molecule has 0 spiro atoms. The molecule has 356 valence electrons. The summed E-state index contributed by atoms with van der Waals surface area (Å²) in [5, 5.41) is 6.31. The Morgan fingerprint density at radius 2 is 1.55 bits per heavy atom. The summed E-state index contributed by atoms with van der Waals surface area (Å²) >= 11 is 3.63. The van der Waals surface area contributed by atoms with Gasteiger partial charge in [-0.3, -0.25) is 29.4 Å². The van der Waals surface area contributed by atoms with Gasteiger partial charge in [-0.15, -0.1) is 0 Å². The molecule has 2 N–H and O–H groups in total. The van der Waals surface area contributed by atoms with Gasteiger partial charge in [-0.2, -0.15) is 0 Å². The van der Waals surface area contributed by atoms with E-state index in [1.54, 1.807) is 6.92 Å². The van der Waals surface area contributed by atoms with E-state index in [1.165, 1.54) is 74.8 Å². The molecular formula is C53H78BrN7O4. The van der Waals surface area contributed by atoms with E-state index in [9.17, 15) is 19.2 Å². The van der Waals surface area contributed by atoms with E-state index in [0.717, 1.165) is 78.2 Å². The summed E-state index contributed by atoms with van der Waals surface area (Å²) in [6.45, 7) is 22.6. The van der Waals surface area contributed by atoms with Crippen molar-refractivity contribution < 1.29 is 19.2 Å². The van der Waals surface area contributed by atoms with E-state index in [4.69, 9.17) is 0 Å². The average molecular weight is 957 g/mol. The molecule has 4 heterocycles. The average Bonchev–Trinajstić information content (AvgIpc) is 3.62. The Morgan fingerprint density at radius 1 is 0.892 bits per heavy atom. The second kappa shape index (κ2) is 27.9. The largest absolute Gasteiger partial charge is 0.358 e. The van der Waals surface area contributed by atoms with Gasteiger partial charge in [-0.25, -0.2) is 4.98 Å². The fourth-order valence-corrected chi connectivity index (χ4v) is 9.78. The highest BCUT2D eigenvalue weighted by Crippen LogP contribution is 2.32. The maximum atomic E-state index is 12.2. The monoisotopic (exact) mass is 956 g/mol. The SMILES string of the molecule is CC(=O)c1ccc(C2CCN(Cc3cc4c(Br)ccnc4n3C)CC2)cc1.CCCC(CCC)CN(CCC)CCC.CCCN(c1ccc(CC)cc1NC=O)C1CCC(=O)NC1=O. The molecule has 1 atom stereocenters. The molecule has 2 aromatic carbocycles. The molecule has 3 amide bonds. The fourth-order valence-electron chi connectivity index (χ4n) is 9.37. The first kappa shape index (κ1) is 53.2. The summed E-state index contributed by atoms with van der Waals surface area (Å²) in [6.07, 6.45) is 15.5. The number of hydrogen-bond donors (Lipinski definition) is 2. The van der Waals surface area contributed by atoms with Gasteiger partial charge < -0.3 is 19.7 Å². The number of pyridine rings is 1. The quantitative estimate of drug-likeness (QED) is 0.0481. The number of hydrogen-bond acceptors (Lipinski definition) is 8. The van der Waals surface area contributed by atoms with Crippen LogP contribution in [0.2, 0.25) is 0 Å². The van der Waals surface area contributed by atoms with Crippen LogP contribution in [0.5, 0.6) is 0 Å². The molecular weight excluding hydrogens is 879 g/mol. The van der Waals surface area contributed by atoms with Gasteiger partial charge in [0.05, 0.1) is 11.4 Å². The molecule has 4 aromatic rings. The zero-order valence-corrected chi connectivity index (χ0v) is 42.4. The number of fused-ring (bicyclic) bond motifs is 1. The van der Waals surface area contributed by atoms with Crippen LogP contribution in [0.4, 0.5) is 11.4 Å². The van der Waals surface area contributed by atoms with Crippen LogP contribution >= 0.6 is 15.9 Å². The van der Waals surface area contributed by atoms with E-state index in [1.807, 2.05) is 61.3 Å². The van der Waals surface area contributed by atoms with Gasteiger partial charge in [-0.05, 0) is 154 Å². The van der Waals surface area contributed by atoms with Crippen LogP contribution < -0.4 is 15.5 Å². The maximum Gasteiger partial charge on any atom is 0.249 e. The van der Waals surface area contributed by atoms with Crippen molar-refractivity contribution in [2.45, 2.75) is 144 Å². The molecule has 12 heteroatoms. The summed E-state index contributed by atoms with van der Waals surface area (Å²) in [4.78, 5) is 57.7. The van der Waals surface area contributed by atoms with Crippen LogP contribution in [-0.4, -0.2) is 88.7 Å². The lowest BCUT2D eigenvalue weighted by Gasteiger charge is -2.35. The van der Waals surface area contributed by atoms with E-state index in [-0.39, 0.29) is 17.6 Å². The van der Waals surface area contributed by atoms with Gasteiger partial charge in [0.15, 0.2) is 5.78 Å². The first-order chi connectivity index (χ1) is 31.4. The van der Waals surface area contributed by atoms with Gasteiger partial charge in [-0.1, -0.05) is 84.7 Å². The van der Waals surface area contributed by atoms with Crippen LogP contribution in [0.3, 0.4) is 0 Å². The van der Waals surface area contributed by atoms with Crippen LogP contribution in [0, 0.1) is 5.92 Å². The number of amides is 3. The van der Waals surface area contributed by atoms with E-state index in [2.05, 4.69) is 98.9 Å². The summed E-state index contributed by atoms with van der Waals surface area (Å²) < 4.78 is 3.30. The molecule has 2 aliphatic heterocycles. The normalized spacial score (nSPS) is 15.6. The van der Waals surface area contributed by atoms with E-state index >= 15 is 0 Å². The number of carbonyl (C=O) groups is 4. The van der Waals surface area contributed by atoms with Crippen LogP contribution in [0.25, 0.3) is 11.0 Å². The second-order valence-corrected chi connectivity index (χ2v) is 18.7. The number of imide groups is 1. The van der Waals surface area contributed by atoms with E-state index in [0.29, 0.717) is 37.4 Å². The predicted molar refractivity (Wildman–Crippen MR) is 272 cm³/mol. The van der Waals surface area contributed by atoms with Crippen molar-refractivity contribution in [2.24, 2.45) is 13.0 Å². The highest BCUT2D eigenvalue weighted by atomic mass is 79.9. The van der Waals surface area contributed by atoms with Gasteiger partial charge in [0.25, 0.3) is 0 Å². The number of ketones is 1. The number of aryl methyl sites for hydroxylation is 2. The predicted octanol–water partition coefficient (Wildman–Crippen LogP) is 11.1. The highest BCUT2D eigenvalue weighted by Gasteiger charge is 2.32. The highest BCUT2D eigenvalue weighted by molar-refractivity contribution is 9.10. The third-order valence-corrected chi connectivity index (χ3v) is 13.5. The van der Waals surface area contributed by atoms with Crippen molar-refractivity contribution in [1.82, 2.24) is 24.7 Å². The van der Waals surface area contributed by atoms with Gasteiger partial charge in [0.1, 0.15) is 11.7 Å². The molecule has 1 unspecified atom stereocenters. The van der Waals surface area contributed by atoms with Crippen molar-refractivity contribution in [3.05, 3.63) is 87.7 Å². The molecule has 11 nitrogen and oxygen atoms in total. The minimum atomic E-state index is -0.396. The molecule has 2 aliphatic rings.